The molecule has 1 unspecified atom stereocenters. The smallest absolute Gasteiger partial charge is 0.136 e. The Kier molecular flexibility index (Phi) is 1.81. The summed E-state index contributed by atoms with van der Waals surface area (Å²) < 4.78 is 0. The fourth-order valence-electron chi connectivity index (χ4n) is 2.04. The minimum Gasteiger partial charge on any atom is -0.372 e. The van der Waals surface area contributed by atoms with Crippen molar-refractivity contribution >= 4 is 0 Å². The van der Waals surface area contributed by atoms with E-state index in [9.17, 15) is 5.11 Å². The second kappa shape index (κ2) is 2.71. The number of hydrogen-bond donors (Lipinski definition) is 2. The van der Waals surface area contributed by atoms with Crippen molar-refractivity contribution in [1.82, 2.24) is 0 Å². The van der Waals surface area contributed by atoms with E-state index in [2.05, 4.69) is 0 Å². The highest BCUT2D eigenvalue weighted by Crippen LogP contribution is 2.33. The van der Waals surface area contributed by atoms with Crippen LogP contribution < -0.4 is 5.73 Å². The first-order valence-electron chi connectivity index (χ1n) is 4.59. The predicted octanol–water partition coefficient (Wildman–Crippen LogP) is 1.46. The topological polar surface area (TPSA) is 46.2 Å². The summed E-state index contributed by atoms with van der Waals surface area (Å²) in [6, 6.07) is 0. The maximum Gasteiger partial charge on any atom is 0.136 e. The Balaban J connectivity index is 2.23. The number of rotatable bonds is 0. The number of nitrogens with two attached hydrogens (primary N) is 1. The van der Waals surface area contributed by atoms with Gasteiger partial charge >= 0.3 is 0 Å². The molecular weight excluding hydrogens is 150 g/mol. The average molecular weight is 165 g/mol. The average Bonchev–Trinajstić information content (AvgIpc) is 2.02. The maximum atomic E-state index is 9.57. The van der Waals surface area contributed by atoms with Gasteiger partial charge in [0, 0.05) is 6.42 Å². The van der Waals surface area contributed by atoms with Crippen LogP contribution in [0.15, 0.2) is 23.3 Å². The summed E-state index contributed by atoms with van der Waals surface area (Å²) in [6.45, 7) is 0. The predicted molar refractivity (Wildman–Crippen MR) is 48.4 cm³/mol. The van der Waals surface area contributed by atoms with Gasteiger partial charge in [0.15, 0.2) is 0 Å². The summed E-state index contributed by atoms with van der Waals surface area (Å²) in [4.78, 5) is 0. The van der Waals surface area contributed by atoms with Gasteiger partial charge in [-0.2, -0.15) is 0 Å². The van der Waals surface area contributed by atoms with Crippen molar-refractivity contribution < 1.29 is 5.11 Å². The number of aliphatic hydroxyl groups is 1. The van der Waals surface area contributed by atoms with Gasteiger partial charge in [0.05, 0.1) is 0 Å². The zero-order chi connectivity index (χ0) is 8.60. The van der Waals surface area contributed by atoms with E-state index in [4.69, 9.17) is 5.73 Å². The molecule has 66 valence electrons. The molecule has 2 aliphatic carbocycles. The molecule has 12 heavy (non-hydrogen) atoms. The van der Waals surface area contributed by atoms with Gasteiger partial charge in [0.2, 0.25) is 0 Å². The second-order valence-electron chi connectivity index (χ2n) is 3.84. The number of allylic oxidation sites excluding steroid dienone is 2. The third kappa shape index (κ3) is 1.45. The van der Waals surface area contributed by atoms with Crippen LogP contribution in [-0.2, 0) is 0 Å². The fourth-order valence-corrected chi connectivity index (χ4v) is 2.04. The Labute approximate surface area is 72.8 Å². The van der Waals surface area contributed by atoms with E-state index < -0.39 is 5.72 Å². The molecule has 0 saturated carbocycles. The first kappa shape index (κ1) is 8.02. The Morgan fingerprint density at radius 2 is 2.08 bits per heavy atom. The summed E-state index contributed by atoms with van der Waals surface area (Å²) in [5.41, 5.74) is 7.33. The van der Waals surface area contributed by atoms with Crippen LogP contribution in [0.25, 0.3) is 0 Å². The third-order valence-electron chi connectivity index (χ3n) is 2.70. The molecule has 2 rings (SSSR count). The molecule has 3 N–H and O–H groups in total. The Morgan fingerprint density at radius 1 is 1.33 bits per heavy atom. The van der Waals surface area contributed by atoms with Crippen LogP contribution in [0.4, 0.5) is 0 Å². The lowest BCUT2D eigenvalue weighted by atomic mass is 9.83. The van der Waals surface area contributed by atoms with Crippen molar-refractivity contribution in [2.75, 3.05) is 0 Å². The molecule has 0 saturated heterocycles. The van der Waals surface area contributed by atoms with Gasteiger partial charge in [-0.1, -0.05) is 11.6 Å². The van der Waals surface area contributed by atoms with Gasteiger partial charge < -0.3 is 10.8 Å². The van der Waals surface area contributed by atoms with Gasteiger partial charge in [-0.3, -0.25) is 0 Å². The van der Waals surface area contributed by atoms with Gasteiger partial charge in [0.1, 0.15) is 5.72 Å². The van der Waals surface area contributed by atoms with Gasteiger partial charge in [-0.25, -0.2) is 0 Å². The lowest BCUT2D eigenvalue weighted by Gasteiger charge is -2.29. The normalized spacial score (nSPS) is 35.2. The molecule has 0 amide bonds. The lowest BCUT2D eigenvalue weighted by molar-refractivity contribution is 0.0951. The molecule has 2 aliphatic rings. The summed E-state index contributed by atoms with van der Waals surface area (Å²) in [5.74, 6) is 0. The van der Waals surface area contributed by atoms with Gasteiger partial charge in [0.25, 0.3) is 0 Å². The fraction of sp³-hybridized carbons (Fsp3) is 0.600. The zero-order valence-corrected chi connectivity index (χ0v) is 7.21. The van der Waals surface area contributed by atoms with E-state index in [0.717, 1.165) is 6.42 Å². The van der Waals surface area contributed by atoms with E-state index >= 15 is 0 Å². The largest absolute Gasteiger partial charge is 0.372 e. The van der Waals surface area contributed by atoms with Crippen molar-refractivity contribution in [2.24, 2.45) is 5.73 Å². The van der Waals surface area contributed by atoms with E-state index in [0.29, 0.717) is 6.42 Å². The highest BCUT2D eigenvalue weighted by atomic mass is 16.3. The van der Waals surface area contributed by atoms with Crippen LogP contribution in [0.5, 0.6) is 0 Å². The Bertz CT molecular complexity index is 251. The van der Waals surface area contributed by atoms with Gasteiger partial charge in [-0.05, 0) is 37.3 Å². The zero-order valence-electron chi connectivity index (χ0n) is 7.21. The molecule has 0 heterocycles. The van der Waals surface area contributed by atoms with Crippen LogP contribution in [0.1, 0.15) is 32.1 Å². The van der Waals surface area contributed by atoms with Crippen molar-refractivity contribution in [1.29, 1.82) is 0 Å². The summed E-state index contributed by atoms with van der Waals surface area (Å²) in [5, 5.41) is 9.57. The molecule has 2 heteroatoms. The summed E-state index contributed by atoms with van der Waals surface area (Å²) in [6.07, 6.45) is 9.18. The first-order chi connectivity index (χ1) is 5.67. The molecule has 0 bridgehead atoms. The monoisotopic (exact) mass is 165 g/mol. The molecule has 2 nitrogen and oxygen atoms in total. The maximum absolute atomic E-state index is 9.57. The van der Waals surface area contributed by atoms with Crippen molar-refractivity contribution in [3.8, 4) is 0 Å². The van der Waals surface area contributed by atoms with Crippen LogP contribution in [0.3, 0.4) is 0 Å². The summed E-state index contributed by atoms with van der Waals surface area (Å²) >= 11 is 0. The van der Waals surface area contributed by atoms with E-state index in [1.54, 1.807) is 6.08 Å². The van der Waals surface area contributed by atoms with E-state index in [1.807, 2.05) is 6.08 Å². The Morgan fingerprint density at radius 3 is 2.92 bits per heavy atom. The van der Waals surface area contributed by atoms with E-state index in [1.165, 1.54) is 30.4 Å². The van der Waals surface area contributed by atoms with Crippen molar-refractivity contribution in [2.45, 2.75) is 37.8 Å². The molecule has 0 aromatic heterocycles. The van der Waals surface area contributed by atoms with Crippen LogP contribution in [0.2, 0.25) is 0 Å². The van der Waals surface area contributed by atoms with Crippen LogP contribution >= 0.6 is 0 Å². The molecule has 0 aliphatic heterocycles. The molecule has 1 atom stereocenters. The summed E-state index contributed by atoms with van der Waals surface area (Å²) in [7, 11) is 0. The second-order valence-corrected chi connectivity index (χ2v) is 3.84. The minimum atomic E-state index is -1.07. The SMILES string of the molecule is NC1(O)C=CC2=C(CCCC2)C1. The lowest BCUT2D eigenvalue weighted by Crippen LogP contribution is -2.39. The molecule has 0 fully saturated rings. The quantitative estimate of drug-likeness (QED) is 0.534. The third-order valence-corrected chi connectivity index (χ3v) is 2.70. The highest BCUT2D eigenvalue weighted by Gasteiger charge is 2.25. The molecule has 0 radical (unpaired) electrons. The molecular formula is C10H15NO. The van der Waals surface area contributed by atoms with Crippen molar-refractivity contribution in [3.63, 3.8) is 0 Å². The van der Waals surface area contributed by atoms with Crippen LogP contribution in [0, 0.1) is 0 Å². The molecule has 0 aromatic carbocycles. The molecule has 0 aromatic rings. The first-order valence-corrected chi connectivity index (χ1v) is 4.59. The molecule has 0 spiro atoms. The van der Waals surface area contributed by atoms with Crippen LogP contribution in [-0.4, -0.2) is 10.8 Å². The highest BCUT2D eigenvalue weighted by molar-refractivity contribution is 5.34. The minimum absolute atomic E-state index is 0.638. The van der Waals surface area contributed by atoms with E-state index in [-0.39, 0.29) is 0 Å². The standard InChI is InChI=1S/C10H15NO/c11-10(12)6-5-8-3-1-2-4-9(8)7-10/h5-6,12H,1-4,7,11H2. The number of hydrogen-bond acceptors (Lipinski definition) is 2. The van der Waals surface area contributed by atoms with Crippen molar-refractivity contribution in [3.05, 3.63) is 23.3 Å². The van der Waals surface area contributed by atoms with Gasteiger partial charge in [-0.15, -0.1) is 0 Å². The Hall–Kier alpha value is -0.600.